The summed E-state index contributed by atoms with van der Waals surface area (Å²) in [5.41, 5.74) is 7.03. The highest BCUT2D eigenvalue weighted by Crippen LogP contribution is 2.17. The molecule has 1 aromatic rings. The largest absolute Gasteiger partial charge is 0.368 e. The van der Waals surface area contributed by atoms with Gasteiger partial charge in [-0.3, -0.25) is 19.3 Å². The van der Waals surface area contributed by atoms with Crippen molar-refractivity contribution in [1.29, 1.82) is 0 Å². The van der Waals surface area contributed by atoms with Gasteiger partial charge in [-0.25, -0.2) is 0 Å². The molecule has 1 fully saturated rings. The second-order valence-corrected chi connectivity index (χ2v) is 6.45. The van der Waals surface area contributed by atoms with Crippen LogP contribution in [0.4, 0.5) is 0 Å². The van der Waals surface area contributed by atoms with Crippen LogP contribution in [0, 0.1) is 0 Å². The summed E-state index contributed by atoms with van der Waals surface area (Å²) in [6.07, 6.45) is 2.47. The highest BCUT2D eigenvalue weighted by molar-refractivity contribution is 5.94. The molecule has 1 atom stereocenters. The van der Waals surface area contributed by atoms with Gasteiger partial charge in [-0.1, -0.05) is 12.1 Å². The molecule has 1 aromatic carbocycles. The molecule has 1 heterocycles. The summed E-state index contributed by atoms with van der Waals surface area (Å²) in [6.45, 7) is 1.39. The molecule has 0 spiro atoms. The molecule has 0 unspecified atom stereocenters. The predicted molar refractivity (Wildman–Crippen MR) is 94.7 cm³/mol. The minimum atomic E-state index is -0.485. The third-order valence-electron chi connectivity index (χ3n) is 4.45. The molecule has 3 N–H and O–H groups in total. The number of benzene rings is 1. The lowest BCUT2D eigenvalue weighted by Gasteiger charge is -2.34. The first kappa shape index (κ1) is 18.9. The smallest absolute Gasteiger partial charge is 0.251 e. The van der Waals surface area contributed by atoms with Crippen LogP contribution in [0.5, 0.6) is 0 Å². The zero-order valence-electron chi connectivity index (χ0n) is 14.8. The van der Waals surface area contributed by atoms with Crippen LogP contribution in [-0.2, 0) is 16.1 Å². The number of hydrogen-bond acceptors (Lipinski definition) is 4. The van der Waals surface area contributed by atoms with E-state index in [9.17, 15) is 14.4 Å². The summed E-state index contributed by atoms with van der Waals surface area (Å²) in [7, 11) is 3.45. The second kappa shape index (κ2) is 8.62. The highest BCUT2D eigenvalue weighted by Gasteiger charge is 2.30. The SMILES string of the molecule is CNC(=O)c1ccc(CN(C)CC(=O)N2CCCC[C@H]2C(N)=O)cc1. The fourth-order valence-corrected chi connectivity index (χ4v) is 3.12. The normalized spacial score (nSPS) is 17.4. The van der Waals surface area contributed by atoms with Gasteiger partial charge >= 0.3 is 0 Å². The minimum Gasteiger partial charge on any atom is -0.368 e. The number of nitrogens with two attached hydrogens (primary N) is 1. The van der Waals surface area contributed by atoms with Gasteiger partial charge in [0, 0.05) is 25.7 Å². The van der Waals surface area contributed by atoms with Crippen molar-refractivity contribution in [3.05, 3.63) is 35.4 Å². The number of nitrogens with one attached hydrogen (secondary N) is 1. The van der Waals surface area contributed by atoms with E-state index in [2.05, 4.69) is 5.32 Å². The molecule has 0 saturated carbocycles. The van der Waals surface area contributed by atoms with Gasteiger partial charge in [-0.2, -0.15) is 0 Å². The molecule has 3 amide bonds. The van der Waals surface area contributed by atoms with Gasteiger partial charge in [0.15, 0.2) is 0 Å². The molecule has 0 aliphatic carbocycles. The molecule has 1 aliphatic heterocycles. The Hall–Kier alpha value is -2.41. The molecule has 0 aromatic heterocycles. The molecule has 136 valence electrons. The van der Waals surface area contributed by atoms with Crippen LogP contribution in [-0.4, -0.2) is 60.7 Å². The number of hydrogen-bond donors (Lipinski definition) is 2. The maximum absolute atomic E-state index is 12.5. The predicted octanol–water partition coefficient (Wildman–Crippen LogP) is 0.344. The van der Waals surface area contributed by atoms with Crippen molar-refractivity contribution in [1.82, 2.24) is 15.1 Å². The van der Waals surface area contributed by atoms with Gasteiger partial charge in [-0.05, 0) is 44.0 Å². The van der Waals surface area contributed by atoms with Crippen LogP contribution in [0.15, 0.2) is 24.3 Å². The van der Waals surface area contributed by atoms with Crippen molar-refractivity contribution >= 4 is 17.7 Å². The van der Waals surface area contributed by atoms with Crippen LogP contribution in [0.2, 0.25) is 0 Å². The number of rotatable bonds is 6. The Labute approximate surface area is 148 Å². The Bertz CT molecular complexity index is 630. The fourth-order valence-electron chi connectivity index (χ4n) is 3.12. The Morgan fingerprint density at radius 3 is 2.52 bits per heavy atom. The van der Waals surface area contributed by atoms with Crippen molar-refractivity contribution in [2.75, 3.05) is 27.2 Å². The maximum atomic E-state index is 12.5. The van der Waals surface area contributed by atoms with Crippen molar-refractivity contribution in [2.24, 2.45) is 5.73 Å². The molecule has 1 aliphatic rings. The lowest BCUT2D eigenvalue weighted by atomic mass is 10.0. The summed E-state index contributed by atoms with van der Waals surface area (Å²) >= 11 is 0. The minimum absolute atomic E-state index is 0.0759. The standard InChI is InChI=1S/C18H26N4O3/c1-20-18(25)14-8-6-13(7-9-14)11-21(2)12-16(23)22-10-4-3-5-15(22)17(19)24/h6-9,15H,3-5,10-12H2,1-2H3,(H2,19,24)(H,20,25)/t15-/m0/s1. The number of likely N-dealkylation sites (tertiary alicyclic amines) is 1. The Kier molecular flexibility index (Phi) is 6.52. The van der Waals surface area contributed by atoms with E-state index in [-0.39, 0.29) is 18.4 Å². The Morgan fingerprint density at radius 1 is 1.24 bits per heavy atom. The summed E-state index contributed by atoms with van der Waals surface area (Å²) in [5, 5.41) is 2.58. The van der Waals surface area contributed by atoms with Crippen LogP contribution in [0.3, 0.4) is 0 Å². The molecule has 25 heavy (non-hydrogen) atoms. The van der Waals surface area contributed by atoms with E-state index >= 15 is 0 Å². The molecular weight excluding hydrogens is 320 g/mol. The van der Waals surface area contributed by atoms with E-state index in [1.54, 1.807) is 24.1 Å². The van der Waals surface area contributed by atoms with E-state index in [1.165, 1.54) is 0 Å². The quantitative estimate of drug-likeness (QED) is 0.777. The number of carbonyl (C=O) groups excluding carboxylic acids is 3. The van der Waals surface area contributed by atoms with E-state index in [4.69, 9.17) is 5.73 Å². The van der Waals surface area contributed by atoms with E-state index in [0.29, 0.717) is 25.1 Å². The average molecular weight is 346 g/mol. The fraction of sp³-hybridized carbons (Fsp3) is 0.500. The van der Waals surface area contributed by atoms with Crippen molar-refractivity contribution in [2.45, 2.75) is 31.8 Å². The van der Waals surface area contributed by atoms with Crippen molar-refractivity contribution in [3.8, 4) is 0 Å². The number of carbonyl (C=O) groups is 3. The molecule has 1 saturated heterocycles. The third kappa shape index (κ3) is 5.03. The summed E-state index contributed by atoms with van der Waals surface area (Å²) in [6, 6.07) is 6.79. The van der Waals surface area contributed by atoms with Gasteiger partial charge in [-0.15, -0.1) is 0 Å². The zero-order valence-corrected chi connectivity index (χ0v) is 14.8. The Morgan fingerprint density at radius 2 is 1.92 bits per heavy atom. The van der Waals surface area contributed by atoms with E-state index < -0.39 is 11.9 Å². The summed E-state index contributed by atoms with van der Waals surface area (Å²) in [4.78, 5) is 39.1. The molecule has 7 nitrogen and oxygen atoms in total. The van der Waals surface area contributed by atoms with Gasteiger partial charge < -0.3 is 16.0 Å². The van der Waals surface area contributed by atoms with Crippen molar-refractivity contribution < 1.29 is 14.4 Å². The lowest BCUT2D eigenvalue weighted by molar-refractivity contribution is -0.141. The van der Waals surface area contributed by atoms with Crippen molar-refractivity contribution in [3.63, 3.8) is 0 Å². The van der Waals surface area contributed by atoms with Crippen LogP contribution in [0.1, 0.15) is 35.2 Å². The number of likely N-dealkylation sites (N-methyl/N-ethyl adjacent to an activating group) is 1. The molecule has 7 heteroatoms. The van der Waals surface area contributed by atoms with Crippen LogP contribution >= 0.6 is 0 Å². The number of nitrogens with zero attached hydrogens (tertiary/aromatic N) is 2. The average Bonchev–Trinajstić information content (AvgIpc) is 2.61. The highest BCUT2D eigenvalue weighted by atomic mass is 16.2. The molecule has 0 radical (unpaired) electrons. The first-order valence-electron chi connectivity index (χ1n) is 8.50. The second-order valence-electron chi connectivity index (χ2n) is 6.45. The Balaban J connectivity index is 1.92. The topological polar surface area (TPSA) is 95.7 Å². The van der Waals surface area contributed by atoms with E-state index in [1.807, 2.05) is 24.1 Å². The number of amides is 3. The third-order valence-corrected chi connectivity index (χ3v) is 4.45. The molecule has 0 bridgehead atoms. The summed E-state index contributed by atoms with van der Waals surface area (Å²) in [5.74, 6) is -0.633. The number of piperidine rings is 1. The molecular formula is C18H26N4O3. The van der Waals surface area contributed by atoms with Gasteiger partial charge in [0.2, 0.25) is 11.8 Å². The first-order chi connectivity index (χ1) is 11.9. The number of primary amides is 1. The monoisotopic (exact) mass is 346 g/mol. The first-order valence-corrected chi connectivity index (χ1v) is 8.50. The van der Waals surface area contributed by atoms with Gasteiger partial charge in [0.1, 0.15) is 6.04 Å². The summed E-state index contributed by atoms with van der Waals surface area (Å²) < 4.78 is 0. The van der Waals surface area contributed by atoms with Crippen LogP contribution < -0.4 is 11.1 Å². The lowest BCUT2D eigenvalue weighted by Crippen LogP contribution is -2.52. The maximum Gasteiger partial charge on any atom is 0.251 e. The zero-order chi connectivity index (χ0) is 18.4. The molecule has 2 rings (SSSR count). The van der Waals surface area contributed by atoms with Gasteiger partial charge in [0.05, 0.1) is 6.54 Å². The van der Waals surface area contributed by atoms with Crippen LogP contribution in [0.25, 0.3) is 0 Å². The van der Waals surface area contributed by atoms with Gasteiger partial charge in [0.25, 0.3) is 5.91 Å². The van der Waals surface area contributed by atoms with E-state index in [0.717, 1.165) is 18.4 Å².